The quantitative estimate of drug-likeness (QED) is 0.601. The Labute approximate surface area is 90.4 Å². The minimum atomic E-state index is -0.564. The first-order chi connectivity index (χ1) is 7.04. The highest BCUT2D eigenvalue weighted by Gasteiger charge is 2.10. The first-order valence-corrected chi connectivity index (χ1v) is 4.35. The van der Waals surface area contributed by atoms with Gasteiger partial charge in [-0.05, 0) is 6.07 Å². The lowest BCUT2D eigenvalue weighted by molar-refractivity contribution is -0.384. The number of benzene rings is 1. The second-order valence-corrected chi connectivity index (χ2v) is 3.03. The molecule has 1 aromatic rings. The van der Waals surface area contributed by atoms with Crippen LogP contribution in [0.5, 0.6) is 0 Å². The third kappa shape index (κ3) is 2.81. The van der Waals surface area contributed by atoms with E-state index >= 15 is 0 Å². The minimum Gasteiger partial charge on any atom is -0.341 e. The number of carbonyl (C=O) groups is 1. The summed E-state index contributed by atoms with van der Waals surface area (Å²) in [6.07, 6.45) is 0. The fraction of sp³-hybridized carbons (Fsp3) is 0.125. The molecule has 1 aromatic carbocycles. The van der Waals surface area contributed by atoms with E-state index in [-0.39, 0.29) is 16.4 Å². The van der Waals surface area contributed by atoms with Crippen molar-refractivity contribution in [2.24, 2.45) is 0 Å². The molecule has 0 aromatic heterocycles. The van der Waals surface area contributed by atoms with Gasteiger partial charge in [-0.2, -0.15) is 0 Å². The second-order valence-electron chi connectivity index (χ2n) is 2.63. The second kappa shape index (κ2) is 4.61. The fourth-order valence-corrected chi connectivity index (χ4v) is 1.07. The maximum Gasteiger partial charge on any atom is 0.319 e. The Bertz CT molecular complexity index is 408. The van der Waals surface area contributed by atoms with Crippen LogP contribution in [-0.4, -0.2) is 18.0 Å². The summed E-state index contributed by atoms with van der Waals surface area (Å²) in [6, 6.07) is 3.32. The molecule has 0 radical (unpaired) electrons. The molecule has 0 saturated heterocycles. The highest BCUT2D eigenvalue weighted by molar-refractivity contribution is 6.33. The van der Waals surface area contributed by atoms with Crippen LogP contribution >= 0.6 is 11.6 Å². The van der Waals surface area contributed by atoms with E-state index in [1.54, 1.807) is 0 Å². The van der Waals surface area contributed by atoms with E-state index in [9.17, 15) is 14.9 Å². The van der Waals surface area contributed by atoms with Crippen molar-refractivity contribution in [3.63, 3.8) is 0 Å². The highest BCUT2D eigenvalue weighted by atomic mass is 35.5. The molecule has 80 valence electrons. The van der Waals surface area contributed by atoms with Crippen molar-refractivity contribution in [2.45, 2.75) is 0 Å². The van der Waals surface area contributed by atoms with Crippen LogP contribution in [0.4, 0.5) is 16.2 Å². The predicted octanol–water partition coefficient (Wildman–Crippen LogP) is 2.00. The normalized spacial score (nSPS) is 9.47. The van der Waals surface area contributed by atoms with Crippen LogP contribution in [0.3, 0.4) is 0 Å². The number of hydrogen-bond donors (Lipinski definition) is 2. The SMILES string of the molecule is CNC(=O)Nc1cc([N+](=O)[O-])ccc1Cl. The monoisotopic (exact) mass is 229 g/mol. The Morgan fingerprint density at radius 2 is 2.20 bits per heavy atom. The molecule has 0 fully saturated rings. The topological polar surface area (TPSA) is 84.3 Å². The molecule has 6 nitrogen and oxygen atoms in total. The number of nitrogens with zero attached hydrogens (tertiary/aromatic N) is 1. The molecule has 2 amide bonds. The number of carbonyl (C=O) groups excluding carboxylic acids is 1. The molecule has 0 heterocycles. The van der Waals surface area contributed by atoms with Crippen LogP contribution in [0.1, 0.15) is 0 Å². The van der Waals surface area contributed by atoms with Gasteiger partial charge in [-0.15, -0.1) is 0 Å². The summed E-state index contributed by atoms with van der Waals surface area (Å²) < 4.78 is 0. The third-order valence-electron chi connectivity index (χ3n) is 1.64. The average Bonchev–Trinajstić information content (AvgIpc) is 2.20. The summed E-state index contributed by atoms with van der Waals surface area (Å²) in [6.45, 7) is 0. The van der Waals surface area contributed by atoms with Crippen LogP contribution in [-0.2, 0) is 0 Å². The van der Waals surface area contributed by atoms with Gasteiger partial charge in [-0.1, -0.05) is 11.6 Å². The third-order valence-corrected chi connectivity index (χ3v) is 1.97. The molecule has 0 aliphatic rings. The van der Waals surface area contributed by atoms with Crippen molar-refractivity contribution >= 4 is 29.0 Å². The first-order valence-electron chi connectivity index (χ1n) is 3.97. The molecule has 0 saturated carbocycles. The van der Waals surface area contributed by atoms with Crippen molar-refractivity contribution in [1.82, 2.24) is 5.32 Å². The van der Waals surface area contributed by atoms with Crippen molar-refractivity contribution in [3.8, 4) is 0 Å². The molecular weight excluding hydrogens is 222 g/mol. The summed E-state index contributed by atoms with van der Waals surface area (Å²) in [5.41, 5.74) is 0.0658. The molecule has 0 unspecified atom stereocenters. The lowest BCUT2D eigenvalue weighted by atomic mass is 10.3. The zero-order valence-corrected chi connectivity index (χ0v) is 8.54. The van der Waals surface area contributed by atoms with Gasteiger partial charge in [0, 0.05) is 19.2 Å². The minimum absolute atomic E-state index is 0.134. The molecule has 1 rings (SSSR count). The van der Waals surface area contributed by atoms with Gasteiger partial charge in [-0.25, -0.2) is 4.79 Å². The Morgan fingerprint density at radius 3 is 2.73 bits per heavy atom. The van der Waals surface area contributed by atoms with Crippen LogP contribution in [0.15, 0.2) is 18.2 Å². The van der Waals surface area contributed by atoms with Gasteiger partial charge < -0.3 is 10.6 Å². The van der Waals surface area contributed by atoms with Crippen LogP contribution in [0.25, 0.3) is 0 Å². The summed E-state index contributed by atoms with van der Waals surface area (Å²) in [7, 11) is 1.43. The largest absolute Gasteiger partial charge is 0.341 e. The van der Waals surface area contributed by atoms with Crippen molar-refractivity contribution in [1.29, 1.82) is 0 Å². The van der Waals surface area contributed by atoms with Crippen LogP contribution in [0, 0.1) is 10.1 Å². The molecule has 0 bridgehead atoms. The van der Waals surface area contributed by atoms with Gasteiger partial charge in [0.05, 0.1) is 15.6 Å². The van der Waals surface area contributed by atoms with E-state index in [4.69, 9.17) is 11.6 Å². The molecular formula is C8H8ClN3O3. The van der Waals surface area contributed by atoms with Gasteiger partial charge in [-0.3, -0.25) is 10.1 Å². The van der Waals surface area contributed by atoms with E-state index in [1.807, 2.05) is 0 Å². The molecule has 7 heteroatoms. The van der Waals surface area contributed by atoms with Gasteiger partial charge in [0.15, 0.2) is 0 Å². The van der Waals surface area contributed by atoms with Crippen LogP contribution in [0.2, 0.25) is 5.02 Å². The van der Waals surface area contributed by atoms with Crippen molar-refractivity contribution in [3.05, 3.63) is 33.3 Å². The molecule has 0 aliphatic heterocycles. The molecule has 2 N–H and O–H groups in total. The summed E-state index contributed by atoms with van der Waals surface area (Å²) in [4.78, 5) is 20.9. The maximum atomic E-state index is 11.0. The van der Waals surface area contributed by atoms with Crippen LogP contribution < -0.4 is 10.6 Å². The average molecular weight is 230 g/mol. The number of halogens is 1. The van der Waals surface area contributed by atoms with Crippen molar-refractivity contribution in [2.75, 3.05) is 12.4 Å². The number of nitrogens with one attached hydrogen (secondary N) is 2. The van der Waals surface area contributed by atoms with Gasteiger partial charge in [0.25, 0.3) is 5.69 Å². The highest BCUT2D eigenvalue weighted by Crippen LogP contribution is 2.26. The molecule has 0 aliphatic carbocycles. The van der Waals surface area contributed by atoms with Gasteiger partial charge in [0.2, 0.25) is 0 Å². The van der Waals surface area contributed by atoms with Crippen molar-refractivity contribution < 1.29 is 9.72 Å². The van der Waals surface area contributed by atoms with E-state index < -0.39 is 11.0 Å². The van der Waals surface area contributed by atoms with E-state index in [2.05, 4.69) is 10.6 Å². The lowest BCUT2D eigenvalue weighted by Crippen LogP contribution is -2.24. The number of rotatable bonds is 2. The summed E-state index contributed by atoms with van der Waals surface area (Å²) in [5, 5.41) is 15.4. The zero-order chi connectivity index (χ0) is 11.4. The Balaban J connectivity index is 3.00. The number of amides is 2. The predicted molar refractivity (Wildman–Crippen MR) is 56.2 cm³/mol. The molecule has 15 heavy (non-hydrogen) atoms. The van der Waals surface area contributed by atoms with E-state index in [0.717, 1.165) is 0 Å². The Kier molecular flexibility index (Phi) is 3.46. The Hall–Kier alpha value is -1.82. The number of nitro benzene ring substituents is 1. The number of anilines is 1. The number of urea groups is 1. The van der Waals surface area contributed by atoms with Gasteiger partial charge in [0.1, 0.15) is 0 Å². The number of hydrogen-bond acceptors (Lipinski definition) is 3. The molecule has 0 spiro atoms. The van der Waals surface area contributed by atoms with Gasteiger partial charge >= 0.3 is 6.03 Å². The van der Waals surface area contributed by atoms with E-state index in [1.165, 1.54) is 25.2 Å². The number of nitro groups is 1. The standard InChI is InChI=1S/C8H8ClN3O3/c1-10-8(13)11-7-4-5(12(14)15)2-3-6(7)9/h2-4H,1H3,(H2,10,11,13). The summed E-state index contributed by atoms with van der Waals surface area (Å²) in [5.74, 6) is 0. The lowest BCUT2D eigenvalue weighted by Gasteiger charge is -2.05. The fourth-order valence-electron chi connectivity index (χ4n) is 0.907. The maximum absolute atomic E-state index is 11.0. The molecule has 0 atom stereocenters. The smallest absolute Gasteiger partial charge is 0.319 e. The summed E-state index contributed by atoms with van der Waals surface area (Å²) >= 11 is 5.74. The van der Waals surface area contributed by atoms with E-state index in [0.29, 0.717) is 0 Å². The first kappa shape index (κ1) is 11.3. The Morgan fingerprint density at radius 1 is 1.53 bits per heavy atom. The number of non-ortho nitro benzene ring substituents is 1. The zero-order valence-electron chi connectivity index (χ0n) is 7.78.